The highest BCUT2D eigenvalue weighted by Crippen LogP contribution is 2.31. The third-order valence-corrected chi connectivity index (χ3v) is 6.60. The smallest absolute Gasteiger partial charge is 0.355 e. The fraction of sp³-hybridized carbons (Fsp3) is 0.586. The maximum atomic E-state index is 13.2. The molecule has 0 spiro atoms. The van der Waals surface area contributed by atoms with Crippen molar-refractivity contribution in [1.82, 2.24) is 0 Å². The molecule has 1 aliphatic rings. The molecule has 0 heterocycles. The molecule has 0 aromatic heterocycles. The Morgan fingerprint density at radius 2 is 1.74 bits per heavy atom. The molecule has 2 rings (SSSR count). The quantitative estimate of drug-likeness (QED) is 0.212. The lowest BCUT2D eigenvalue weighted by atomic mass is 9.89. The molecule has 34 heavy (non-hydrogen) atoms. The first-order chi connectivity index (χ1) is 16.5. The fourth-order valence-corrected chi connectivity index (χ4v) is 4.05. The normalized spacial score (nSPS) is 19.2. The molecule has 3 atom stereocenters. The van der Waals surface area contributed by atoms with Gasteiger partial charge in [0.15, 0.2) is 0 Å². The summed E-state index contributed by atoms with van der Waals surface area (Å²) in [6, 6.07) is 9.94. The standard InChI is InChI=1S/C29H42O5/c1-5-7-8-9-10-14-17-27(30)34-29(28(31)33-22-26(32-4)23(3)6-2)20-18-25(19-21-29)24-15-12-11-13-16-24/h11-13,15-16,18-20,23,26H,5-10,14,17,21-22H2,1-4H3/t23-,26+,29?/m0/s1. The van der Waals surface area contributed by atoms with Crippen LogP contribution in [0.1, 0.15) is 84.1 Å². The number of methoxy groups -OCH3 is 1. The Kier molecular flexibility index (Phi) is 12.1. The molecule has 0 bridgehead atoms. The van der Waals surface area contributed by atoms with E-state index in [4.69, 9.17) is 14.2 Å². The largest absolute Gasteiger partial charge is 0.460 e. The molecule has 0 N–H and O–H groups in total. The van der Waals surface area contributed by atoms with Crippen molar-refractivity contribution in [1.29, 1.82) is 0 Å². The van der Waals surface area contributed by atoms with E-state index in [9.17, 15) is 9.59 Å². The fourth-order valence-electron chi connectivity index (χ4n) is 4.05. The number of benzene rings is 1. The maximum absolute atomic E-state index is 13.2. The van der Waals surface area contributed by atoms with Crippen LogP contribution in [-0.2, 0) is 23.8 Å². The minimum atomic E-state index is -1.44. The van der Waals surface area contributed by atoms with Gasteiger partial charge in [0.2, 0.25) is 5.60 Å². The average molecular weight is 471 g/mol. The number of ether oxygens (including phenoxy) is 3. The Hall–Kier alpha value is -2.40. The summed E-state index contributed by atoms with van der Waals surface area (Å²) in [5, 5.41) is 0. The summed E-state index contributed by atoms with van der Waals surface area (Å²) < 4.78 is 17.0. The minimum absolute atomic E-state index is 0.129. The highest BCUT2D eigenvalue weighted by atomic mass is 16.6. The molecule has 0 amide bonds. The van der Waals surface area contributed by atoms with Gasteiger partial charge in [-0.2, -0.15) is 0 Å². The molecule has 0 saturated carbocycles. The molecular formula is C29H42O5. The van der Waals surface area contributed by atoms with Gasteiger partial charge >= 0.3 is 11.9 Å². The summed E-state index contributed by atoms with van der Waals surface area (Å²) in [5.41, 5.74) is 0.603. The molecule has 0 saturated heterocycles. The van der Waals surface area contributed by atoms with Gasteiger partial charge < -0.3 is 14.2 Å². The van der Waals surface area contributed by atoms with E-state index >= 15 is 0 Å². The van der Waals surface area contributed by atoms with Crippen molar-refractivity contribution in [2.24, 2.45) is 5.92 Å². The second-order valence-corrected chi connectivity index (χ2v) is 9.20. The van der Waals surface area contributed by atoms with E-state index in [1.54, 1.807) is 13.2 Å². The van der Waals surface area contributed by atoms with Crippen molar-refractivity contribution >= 4 is 17.5 Å². The van der Waals surface area contributed by atoms with Gasteiger partial charge in [-0.15, -0.1) is 0 Å². The topological polar surface area (TPSA) is 61.8 Å². The first kappa shape index (κ1) is 27.8. The van der Waals surface area contributed by atoms with Crippen molar-refractivity contribution in [3.63, 3.8) is 0 Å². The Morgan fingerprint density at radius 3 is 2.35 bits per heavy atom. The second kappa shape index (κ2) is 14.8. The van der Waals surface area contributed by atoms with Gasteiger partial charge in [0, 0.05) is 20.0 Å². The number of allylic oxidation sites excluding steroid dienone is 2. The molecule has 1 unspecified atom stereocenters. The van der Waals surface area contributed by atoms with E-state index in [2.05, 4.69) is 20.8 Å². The Bertz CT molecular complexity index is 813. The lowest BCUT2D eigenvalue weighted by Gasteiger charge is -2.31. The average Bonchev–Trinajstić information content (AvgIpc) is 2.87. The molecule has 5 nitrogen and oxygen atoms in total. The van der Waals surface area contributed by atoms with Crippen LogP contribution < -0.4 is 0 Å². The number of hydrogen-bond donors (Lipinski definition) is 0. The summed E-state index contributed by atoms with van der Waals surface area (Å²) in [6.07, 6.45) is 13.2. The summed E-state index contributed by atoms with van der Waals surface area (Å²) >= 11 is 0. The van der Waals surface area contributed by atoms with Gasteiger partial charge in [0.25, 0.3) is 0 Å². The molecule has 0 radical (unpaired) electrons. The monoisotopic (exact) mass is 470 g/mol. The van der Waals surface area contributed by atoms with Gasteiger partial charge in [-0.3, -0.25) is 4.79 Å². The van der Waals surface area contributed by atoms with E-state index in [-0.39, 0.29) is 31.0 Å². The number of esters is 2. The molecule has 5 heteroatoms. The van der Waals surface area contributed by atoms with Crippen LogP contribution in [0.3, 0.4) is 0 Å². The van der Waals surface area contributed by atoms with Gasteiger partial charge in [-0.25, -0.2) is 4.79 Å². The first-order valence-corrected chi connectivity index (χ1v) is 12.8. The Morgan fingerprint density at radius 1 is 1.03 bits per heavy atom. The van der Waals surface area contributed by atoms with Gasteiger partial charge in [0.1, 0.15) is 6.61 Å². The number of hydrogen-bond acceptors (Lipinski definition) is 5. The van der Waals surface area contributed by atoms with E-state index in [0.29, 0.717) is 6.42 Å². The van der Waals surface area contributed by atoms with Crippen LogP contribution in [0.2, 0.25) is 0 Å². The van der Waals surface area contributed by atoms with E-state index in [1.165, 1.54) is 19.3 Å². The van der Waals surface area contributed by atoms with Crippen LogP contribution in [0.25, 0.3) is 5.57 Å². The Balaban J connectivity index is 2.06. The zero-order valence-corrected chi connectivity index (χ0v) is 21.4. The van der Waals surface area contributed by atoms with Crippen molar-refractivity contribution in [2.45, 2.75) is 90.3 Å². The molecular weight excluding hydrogens is 428 g/mol. The predicted octanol–water partition coefficient (Wildman–Crippen LogP) is 6.67. The summed E-state index contributed by atoms with van der Waals surface area (Å²) in [6.45, 7) is 6.45. The van der Waals surface area contributed by atoms with Crippen molar-refractivity contribution in [3.05, 3.63) is 54.1 Å². The van der Waals surface area contributed by atoms with Crippen LogP contribution in [0.4, 0.5) is 0 Å². The zero-order valence-electron chi connectivity index (χ0n) is 21.4. The summed E-state index contributed by atoms with van der Waals surface area (Å²) in [7, 11) is 1.62. The van der Waals surface area contributed by atoms with Gasteiger partial charge in [0.05, 0.1) is 6.10 Å². The van der Waals surface area contributed by atoms with Gasteiger partial charge in [-0.05, 0) is 29.6 Å². The molecule has 1 aromatic rings. The van der Waals surface area contributed by atoms with Crippen LogP contribution in [0, 0.1) is 5.92 Å². The Labute approximate surface area is 205 Å². The number of rotatable bonds is 15. The number of carbonyl (C=O) groups is 2. The highest BCUT2D eigenvalue weighted by molar-refractivity contribution is 5.89. The third-order valence-electron chi connectivity index (χ3n) is 6.60. The highest BCUT2D eigenvalue weighted by Gasteiger charge is 2.42. The molecule has 188 valence electrons. The van der Waals surface area contributed by atoms with Crippen molar-refractivity contribution in [3.8, 4) is 0 Å². The van der Waals surface area contributed by atoms with E-state index in [0.717, 1.165) is 36.8 Å². The zero-order chi connectivity index (χ0) is 24.8. The lowest BCUT2D eigenvalue weighted by molar-refractivity contribution is -0.179. The van der Waals surface area contributed by atoms with Crippen LogP contribution >= 0.6 is 0 Å². The third kappa shape index (κ3) is 8.43. The molecule has 1 aliphatic carbocycles. The molecule has 0 fully saturated rings. The van der Waals surface area contributed by atoms with Crippen LogP contribution in [0.15, 0.2) is 48.6 Å². The first-order valence-electron chi connectivity index (χ1n) is 12.8. The number of carbonyl (C=O) groups excluding carboxylic acids is 2. The SMILES string of the molecule is CCCCCCCCC(=O)OC1(C(=O)OC[C@@H](OC)[C@@H](C)CC)C=CC(c2ccccc2)=CC1. The van der Waals surface area contributed by atoms with Gasteiger partial charge in [-0.1, -0.05) is 102 Å². The summed E-state index contributed by atoms with van der Waals surface area (Å²) in [5.74, 6) is -0.664. The van der Waals surface area contributed by atoms with Crippen molar-refractivity contribution < 1.29 is 23.8 Å². The van der Waals surface area contributed by atoms with E-state index < -0.39 is 11.6 Å². The van der Waals surface area contributed by atoms with Crippen LogP contribution in [-0.4, -0.2) is 37.4 Å². The second-order valence-electron chi connectivity index (χ2n) is 9.20. The number of unbranched alkanes of at least 4 members (excludes halogenated alkanes) is 5. The maximum Gasteiger partial charge on any atom is 0.355 e. The lowest BCUT2D eigenvalue weighted by Crippen LogP contribution is -2.44. The van der Waals surface area contributed by atoms with Crippen molar-refractivity contribution in [2.75, 3.05) is 13.7 Å². The molecule has 1 aromatic carbocycles. The summed E-state index contributed by atoms with van der Waals surface area (Å²) in [4.78, 5) is 25.9. The molecule has 0 aliphatic heterocycles. The predicted molar refractivity (Wildman–Crippen MR) is 136 cm³/mol. The van der Waals surface area contributed by atoms with Crippen LogP contribution in [0.5, 0.6) is 0 Å². The van der Waals surface area contributed by atoms with E-state index in [1.807, 2.05) is 42.5 Å². The minimum Gasteiger partial charge on any atom is -0.460 e.